The predicted octanol–water partition coefficient (Wildman–Crippen LogP) is 4.81. The molecule has 0 saturated carbocycles. The summed E-state index contributed by atoms with van der Waals surface area (Å²) in [6.45, 7) is 6.28. The first kappa shape index (κ1) is 24.3. The van der Waals surface area contributed by atoms with E-state index in [9.17, 15) is 14.9 Å². The molecule has 178 valence electrons. The smallest absolute Gasteiger partial charge is 0.270 e. The fraction of sp³-hybridized carbons (Fsp3) is 0.440. The molecule has 2 aliphatic rings. The molecule has 7 nitrogen and oxygen atoms in total. The van der Waals surface area contributed by atoms with Crippen molar-refractivity contribution in [3.05, 3.63) is 56.1 Å². The Morgan fingerprint density at radius 1 is 1.24 bits per heavy atom. The summed E-state index contributed by atoms with van der Waals surface area (Å²) < 4.78 is 7.59. The number of hydrogen-bond acceptors (Lipinski definition) is 7. The summed E-state index contributed by atoms with van der Waals surface area (Å²) in [6, 6.07) is 5.69. The first-order valence-corrected chi connectivity index (χ1v) is 12.9. The number of pyridine rings is 1. The molecular weight excluding hydrogens is 468 g/mol. The SMILES string of the molecule is CCCn1c(N2CCCCCC2)c(C=C2SC(=S)N(Cc3ccco3)C2=O)c(C)c(C#N)c1=O. The van der Waals surface area contributed by atoms with Crippen LogP contribution >= 0.6 is 24.0 Å². The van der Waals surface area contributed by atoms with Crippen LogP contribution in [-0.4, -0.2) is 32.8 Å². The first-order valence-electron chi connectivity index (χ1n) is 11.7. The molecule has 0 atom stereocenters. The lowest BCUT2D eigenvalue weighted by atomic mass is 10.0. The normalized spacial score (nSPS) is 18.0. The van der Waals surface area contributed by atoms with Crippen LogP contribution < -0.4 is 10.5 Å². The van der Waals surface area contributed by atoms with E-state index in [1.165, 1.54) is 16.7 Å². The van der Waals surface area contributed by atoms with Crippen LogP contribution in [0.5, 0.6) is 0 Å². The van der Waals surface area contributed by atoms with Gasteiger partial charge in [-0.3, -0.25) is 19.1 Å². The van der Waals surface area contributed by atoms with Crippen molar-refractivity contribution < 1.29 is 9.21 Å². The van der Waals surface area contributed by atoms with Crippen LogP contribution in [0.2, 0.25) is 0 Å². The average molecular weight is 497 g/mol. The molecule has 4 heterocycles. The minimum atomic E-state index is -0.261. The number of thiocarbonyl (C=S) groups is 1. The Bertz CT molecular complexity index is 1220. The van der Waals surface area contributed by atoms with Crippen molar-refractivity contribution in [2.24, 2.45) is 0 Å². The van der Waals surface area contributed by atoms with Gasteiger partial charge in [-0.1, -0.05) is 43.7 Å². The highest BCUT2D eigenvalue weighted by atomic mass is 32.2. The van der Waals surface area contributed by atoms with Crippen LogP contribution in [0.25, 0.3) is 6.08 Å². The van der Waals surface area contributed by atoms with Gasteiger partial charge in [-0.05, 0) is 50.0 Å². The molecule has 2 aromatic rings. The molecular formula is C25H28N4O3S2. The Balaban J connectivity index is 1.84. The van der Waals surface area contributed by atoms with E-state index in [2.05, 4.69) is 11.0 Å². The third kappa shape index (κ3) is 4.70. The lowest BCUT2D eigenvalue weighted by Gasteiger charge is -2.29. The number of thioether (sulfide) groups is 1. The zero-order valence-corrected chi connectivity index (χ0v) is 21.1. The second-order valence-electron chi connectivity index (χ2n) is 8.55. The lowest BCUT2D eigenvalue weighted by molar-refractivity contribution is -0.122. The standard InChI is InChI=1S/C25H28N4O3S2/c1-3-10-28-22(27-11-6-4-5-7-12-27)19(17(2)20(15-26)23(28)30)14-21-24(31)29(25(33)34-21)16-18-9-8-13-32-18/h8-9,13-14H,3-7,10-12,16H2,1-2H3. The number of carbonyl (C=O) groups excluding carboxylic acids is 1. The minimum absolute atomic E-state index is 0.129. The van der Waals surface area contributed by atoms with Crippen LogP contribution in [0.15, 0.2) is 32.5 Å². The van der Waals surface area contributed by atoms with Gasteiger partial charge >= 0.3 is 0 Å². The highest BCUT2D eigenvalue weighted by Crippen LogP contribution is 2.37. The van der Waals surface area contributed by atoms with Crippen molar-refractivity contribution in [1.82, 2.24) is 9.47 Å². The van der Waals surface area contributed by atoms with Crippen LogP contribution in [0.3, 0.4) is 0 Å². The highest BCUT2D eigenvalue weighted by Gasteiger charge is 2.34. The van der Waals surface area contributed by atoms with Gasteiger partial charge in [0.1, 0.15) is 27.5 Å². The minimum Gasteiger partial charge on any atom is -0.467 e. The van der Waals surface area contributed by atoms with Crippen LogP contribution in [-0.2, 0) is 17.9 Å². The Morgan fingerprint density at radius 3 is 2.59 bits per heavy atom. The number of nitriles is 1. The molecule has 2 aliphatic heterocycles. The molecule has 2 saturated heterocycles. The third-order valence-corrected chi connectivity index (χ3v) is 7.62. The van der Waals surface area contributed by atoms with Crippen molar-refractivity contribution in [3.8, 4) is 6.07 Å². The number of hydrogen-bond donors (Lipinski definition) is 0. The van der Waals surface area contributed by atoms with Crippen LogP contribution in [0.4, 0.5) is 5.82 Å². The van der Waals surface area contributed by atoms with Gasteiger partial charge in [0, 0.05) is 25.2 Å². The van der Waals surface area contributed by atoms with Gasteiger partial charge in [-0.2, -0.15) is 5.26 Å². The molecule has 4 rings (SSSR count). The monoisotopic (exact) mass is 496 g/mol. The van der Waals surface area contributed by atoms with Crippen molar-refractivity contribution in [2.75, 3.05) is 18.0 Å². The van der Waals surface area contributed by atoms with E-state index in [1.807, 2.05) is 19.1 Å². The Labute approximate surface area is 209 Å². The number of rotatable bonds is 6. The number of amides is 1. The molecule has 0 radical (unpaired) electrons. The molecule has 0 N–H and O–H groups in total. The maximum atomic E-state index is 13.3. The summed E-state index contributed by atoms with van der Waals surface area (Å²) in [5, 5.41) is 9.79. The third-order valence-electron chi connectivity index (χ3n) is 6.24. The van der Waals surface area contributed by atoms with Gasteiger partial charge in [0.15, 0.2) is 0 Å². The topological polar surface area (TPSA) is 82.5 Å². The summed E-state index contributed by atoms with van der Waals surface area (Å²) in [4.78, 5) is 30.8. The van der Waals surface area contributed by atoms with E-state index in [1.54, 1.807) is 23.8 Å². The fourth-order valence-corrected chi connectivity index (χ4v) is 5.76. The molecule has 0 aromatic carbocycles. The number of furan rings is 1. The van der Waals surface area contributed by atoms with E-state index < -0.39 is 0 Å². The van der Waals surface area contributed by atoms with Gasteiger partial charge in [-0.15, -0.1) is 0 Å². The summed E-state index contributed by atoms with van der Waals surface area (Å²) >= 11 is 6.74. The summed E-state index contributed by atoms with van der Waals surface area (Å²) in [7, 11) is 0. The average Bonchev–Trinajstić information content (AvgIpc) is 3.32. The van der Waals surface area contributed by atoms with E-state index in [0.29, 0.717) is 27.1 Å². The van der Waals surface area contributed by atoms with Gasteiger partial charge in [0.05, 0.1) is 17.7 Å². The van der Waals surface area contributed by atoms with Crippen LogP contribution in [0.1, 0.15) is 61.5 Å². The second-order valence-corrected chi connectivity index (χ2v) is 10.2. The zero-order valence-electron chi connectivity index (χ0n) is 19.5. The number of aromatic nitrogens is 1. The van der Waals surface area contributed by atoms with Gasteiger partial charge in [0.2, 0.25) is 0 Å². The summed E-state index contributed by atoms with van der Waals surface area (Å²) in [6.07, 6.45) is 8.56. The molecule has 0 aliphatic carbocycles. The molecule has 2 fully saturated rings. The van der Waals surface area contributed by atoms with Crippen molar-refractivity contribution in [1.29, 1.82) is 5.26 Å². The molecule has 0 bridgehead atoms. The molecule has 0 spiro atoms. The van der Waals surface area contributed by atoms with E-state index in [4.69, 9.17) is 16.6 Å². The van der Waals surface area contributed by atoms with Crippen LogP contribution in [0, 0.1) is 18.3 Å². The summed E-state index contributed by atoms with van der Waals surface area (Å²) in [5.41, 5.74) is 1.23. The van der Waals surface area contributed by atoms with Gasteiger partial charge in [0.25, 0.3) is 11.5 Å². The maximum absolute atomic E-state index is 13.3. The van der Waals surface area contributed by atoms with Crippen molar-refractivity contribution in [3.63, 3.8) is 0 Å². The largest absolute Gasteiger partial charge is 0.467 e. The van der Waals surface area contributed by atoms with Crippen molar-refractivity contribution in [2.45, 2.75) is 59.0 Å². The number of carbonyl (C=O) groups is 1. The first-order chi connectivity index (χ1) is 16.5. The van der Waals surface area contributed by atoms with Gasteiger partial charge < -0.3 is 9.32 Å². The molecule has 9 heteroatoms. The van der Waals surface area contributed by atoms with E-state index >= 15 is 0 Å². The zero-order chi connectivity index (χ0) is 24.2. The molecule has 2 aromatic heterocycles. The molecule has 0 unspecified atom stereocenters. The lowest BCUT2D eigenvalue weighted by Crippen LogP contribution is -2.35. The molecule has 34 heavy (non-hydrogen) atoms. The number of anilines is 1. The maximum Gasteiger partial charge on any atom is 0.270 e. The van der Waals surface area contributed by atoms with Gasteiger partial charge in [-0.25, -0.2) is 0 Å². The Morgan fingerprint density at radius 2 is 1.97 bits per heavy atom. The second kappa shape index (κ2) is 10.6. The predicted molar refractivity (Wildman–Crippen MR) is 139 cm³/mol. The summed E-state index contributed by atoms with van der Waals surface area (Å²) in [5.74, 6) is 1.27. The van der Waals surface area contributed by atoms with E-state index in [-0.39, 0.29) is 23.6 Å². The number of nitrogens with zero attached hydrogens (tertiary/aromatic N) is 4. The van der Waals surface area contributed by atoms with Crippen molar-refractivity contribution >= 4 is 46.1 Å². The molecule has 1 amide bonds. The Kier molecular flexibility index (Phi) is 7.59. The fourth-order valence-electron chi connectivity index (χ4n) is 4.52. The quantitative estimate of drug-likeness (QED) is 0.419. The van der Waals surface area contributed by atoms with E-state index in [0.717, 1.165) is 56.6 Å². The highest BCUT2D eigenvalue weighted by molar-refractivity contribution is 8.26. The Hall–Kier alpha value is -2.83.